The molecule has 0 aliphatic carbocycles. The zero-order chi connectivity index (χ0) is 17.8. The average molecular weight is 335 g/mol. The van der Waals surface area contributed by atoms with E-state index in [1.165, 1.54) is 17.0 Å². The number of nitrogens with zero attached hydrogens (tertiary/aromatic N) is 4. The molecule has 0 amide bonds. The second kappa shape index (κ2) is 7.04. The predicted molar refractivity (Wildman–Crippen MR) is 94.5 cm³/mol. The average Bonchev–Trinajstić information content (AvgIpc) is 2.64. The molecule has 3 aromatic rings. The molecule has 2 aromatic heterocycles. The van der Waals surface area contributed by atoms with Gasteiger partial charge in [-0.05, 0) is 13.0 Å². The van der Waals surface area contributed by atoms with E-state index in [-0.39, 0.29) is 17.9 Å². The van der Waals surface area contributed by atoms with Gasteiger partial charge in [0.05, 0.1) is 17.9 Å². The summed E-state index contributed by atoms with van der Waals surface area (Å²) in [4.78, 5) is 36.8. The fraction of sp³-hybridized carbons (Fsp3) is 0.167. The van der Waals surface area contributed by atoms with Crippen molar-refractivity contribution in [1.29, 1.82) is 0 Å². The van der Waals surface area contributed by atoms with Gasteiger partial charge in [0.25, 0.3) is 5.56 Å². The van der Waals surface area contributed by atoms with E-state index in [1.807, 2.05) is 19.1 Å². The van der Waals surface area contributed by atoms with Gasteiger partial charge >= 0.3 is 0 Å². The van der Waals surface area contributed by atoms with Gasteiger partial charge in [-0.1, -0.05) is 29.8 Å². The molecule has 25 heavy (non-hydrogen) atoms. The number of carbonyl (C=O) groups excluding carboxylic acids is 1. The molecule has 0 radical (unpaired) electrons. The predicted octanol–water partition coefficient (Wildman–Crippen LogP) is 1.84. The first-order valence-electron chi connectivity index (χ1n) is 7.73. The molecule has 3 rings (SSSR count). The number of hydrogen-bond acceptors (Lipinski definition) is 6. The van der Waals surface area contributed by atoms with Crippen LogP contribution in [0, 0.1) is 6.92 Å². The van der Waals surface area contributed by atoms with Gasteiger partial charge in [0.15, 0.2) is 5.78 Å². The molecule has 1 N–H and O–H groups in total. The number of nitrogens with one attached hydrogen (secondary N) is 1. The van der Waals surface area contributed by atoms with Crippen LogP contribution >= 0.6 is 0 Å². The second-order valence-electron chi connectivity index (χ2n) is 5.60. The maximum atomic E-state index is 12.3. The second-order valence-corrected chi connectivity index (χ2v) is 5.60. The van der Waals surface area contributed by atoms with Crippen LogP contribution < -0.4 is 10.9 Å². The maximum Gasteiger partial charge on any atom is 0.255 e. The topological polar surface area (TPSA) is 89.8 Å². The van der Waals surface area contributed by atoms with Crippen LogP contribution in [0.5, 0.6) is 0 Å². The normalized spacial score (nSPS) is 10.5. The van der Waals surface area contributed by atoms with E-state index in [9.17, 15) is 9.59 Å². The third-order valence-electron chi connectivity index (χ3n) is 3.76. The lowest BCUT2D eigenvalue weighted by Gasteiger charge is -2.11. The molecule has 7 heteroatoms. The molecule has 0 atom stereocenters. The quantitative estimate of drug-likeness (QED) is 0.716. The summed E-state index contributed by atoms with van der Waals surface area (Å²) < 4.78 is 1.35. The Hall–Kier alpha value is -3.35. The summed E-state index contributed by atoms with van der Waals surface area (Å²) in [7, 11) is 1.60. The third kappa shape index (κ3) is 3.77. The van der Waals surface area contributed by atoms with Crippen molar-refractivity contribution in [3.05, 3.63) is 70.4 Å². The number of anilines is 1. The lowest BCUT2D eigenvalue weighted by Crippen LogP contribution is -2.24. The molecule has 126 valence electrons. The smallest absolute Gasteiger partial charge is 0.255 e. The van der Waals surface area contributed by atoms with Gasteiger partial charge in [-0.25, -0.2) is 15.0 Å². The summed E-state index contributed by atoms with van der Waals surface area (Å²) in [6.07, 6.45) is 2.97. The first-order chi connectivity index (χ1) is 12.0. The Morgan fingerprint density at radius 2 is 1.92 bits per heavy atom. The molecule has 0 fully saturated rings. The molecular formula is C18H17N5O2. The largest absolute Gasteiger partial charge is 0.348 e. The molecule has 0 aliphatic heterocycles. The van der Waals surface area contributed by atoms with Crippen LogP contribution in [0.3, 0.4) is 0 Å². The minimum Gasteiger partial charge on any atom is -0.348 e. The molecule has 0 saturated carbocycles. The summed E-state index contributed by atoms with van der Waals surface area (Å²) in [5.74, 6) is 0.225. The van der Waals surface area contributed by atoms with Crippen molar-refractivity contribution in [2.45, 2.75) is 6.92 Å². The van der Waals surface area contributed by atoms with Crippen molar-refractivity contribution in [2.24, 2.45) is 7.05 Å². The Morgan fingerprint density at radius 1 is 1.16 bits per heavy atom. The van der Waals surface area contributed by atoms with E-state index in [2.05, 4.69) is 20.3 Å². The maximum absolute atomic E-state index is 12.3. The SMILES string of the molecule is Cc1ccc(C(=O)CNc2nc(-c3ccncn3)cc(=O)n2C)cc1. The van der Waals surface area contributed by atoms with Crippen molar-refractivity contribution in [2.75, 3.05) is 11.9 Å². The first-order valence-corrected chi connectivity index (χ1v) is 7.73. The zero-order valence-corrected chi connectivity index (χ0v) is 13.9. The molecule has 0 aliphatic rings. The van der Waals surface area contributed by atoms with Crippen molar-refractivity contribution in [3.8, 4) is 11.4 Å². The molecule has 0 saturated heterocycles. The van der Waals surface area contributed by atoms with E-state index >= 15 is 0 Å². The lowest BCUT2D eigenvalue weighted by atomic mass is 10.1. The van der Waals surface area contributed by atoms with Crippen LogP contribution in [-0.4, -0.2) is 31.8 Å². The Morgan fingerprint density at radius 3 is 2.60 bits per heavy atom. The highest BCUT2D eigenvalue weighted by atomic mass is 16.1. The fourth-order valence-corrected chi connectivity index (χ4v) is 2.27. The van der Waals surface area contributed by atoms with Gasteiger partial charge in [-0.15, -0.1) is 0 Å². The summed E-state index contributed by atoms with van der Waals surface area (Å²) in [5.41, 5.74) is 2.42. The molecule has 2 heterocycles. The van der Waals surface area contributed by atoms with E-state index in [4.69, 9.17) is 0 Å². The Balaban J connectivity index is 1.82. The number of aryl methyl sites for hydroxylation is 1. The summed E-state index contributed by atoms with van der Waals surface area (Å²) in [6, 6.07) is 10.4. The minimum atomic E-state index is -0.242. The summed E-state index contributed by atoms with van der Waals surface area (Å²) >= 11 is 0. The first kappa shape index (κ1) is 16.5. The van der Waals surface area contributed by atoms with Crippen LogP contribution in [0.4, 0.5) is 5.95 Å². The minimum absolute atomic E-state index is 0.0383. The molecule has 0 bridgehead atoms. The van der Waals surface area contributed by atoms with E-state index < -0.39 is 0 Å². The van der Waals surface area contributed by atoms with Gasteiger partial charge in [0.1, 0.15) is 6.33 Å². The van der Waals surface area contributed by atoms with Crippen LogP contribution in [0.1, 0.15) is 15.9 Å². The number of carbonyl (C=O) groups is 1. The highest BCUT2D eigenvalue weighted by molar-refractivity contribution is 5.98. The molecule has 0 spiro atoms. The molecule has 1 aromatic carbocycles. The standard InChI is InChI=1S/C18H17N5O2/c1-12-3-5-13(6-4-12)16(24)10-20-18-22-15(9-17(25)23(18)2)14-7-8-19-11-21-14/h3-9,11H,10H2,1-2H3,(H,20,22). The monoisotopic (exact) mass is 335 g/mol. The van der Waals surface area contributed by atoms with Crippen LogP contribution in [0.25, 0.3) is 11.4 Å². The van der Waals surface area contributed by atoms with Crippen molar-refractivity contribution < 1.29 is 4.79 Å². The highest BCUT2D eigenvalue weighted by Gasteiger charge is 2.11. The van der Waals surface area contributed by atoms with Gasteiger partial charge in [-0.2, -0.15) is 0 Å². The van der Waals surface area contributed by atoms with Crippen LogP contribution in [0.15, 0.2) is 53.7 Å². The molecule has 7 nitrogen and oxygen atoms in total. The third-order valence-corrected chi connectivity index (χ3v) is 3.76. The Labute approximate surface area is 144 Å². The van der Waals surface area contributed by atoms with Crippen LogP contribution in [-0.2, 0) is 7.05 Å². The number of rotatable bonds is 5. The number of Topliss-reactive ketones (excluding diaryl/α,β-unsaturated/α-hetero) is 1. The van der Waals surface area contributed by atoms with Crippen molar-refractivity contribution in [1.82, 2.24) is 19.5 Å². The van der Waals surface area contributed by atoms with E-state index in [0.29, 0.717) is 22.9 Å². The Bertz CT molecular complexity index is 949. The fourth-order valence-electron chi connectivity index (χ4n) is 2.27. The van der Waals surface area contributed by atoms with Crippen molar-refractivity contribution in [3.63, 3.8) is 0 Å². The zero-order valence-electron chi connectivity index (χ0n) is 13.9. The summed E-state index contributed by atoms with van der Waals surface area (Å²) in [6.45, 7) is 2.00. The lowest BCUT2D eigenvalue weighted by molar-refractivity contribution is 0.101. The summed E-state index contributed by atoms with van der Waals surface area (Å²) in [5, 5.41) is 2.94. The van der Waals surface area contributed by atoms with E-state index in [0.717, 1.165) is 5.56 Å². The number of benzene rings is 1. The molecule has 0 unspecified atom stereocenters. The molecular weight excluding hydrogens is 318 g/mol. The van der Waals surface area contributed by atoms with Gasteiger partial charge < -0.3 is 5.32 Å². The van der Waals surface area contributed by atoms with E-state index in [1.54, 1.807) is 31.4 Å². The number of aromatic nitrogens is 4. The Kier molecular flexibility index (Phi) is 4.65. The number of hydrogen-bond donors (Lipinski definition) is 1. The van der Waals surface area contributed by atoms with Gasteiger partial charge in [0, 0.05) is 24.9 Å². The highest BCUT2D eigenvalue weighted by Crippen LogP contribution is 2.13. The van der Waals surface area contributed by atoms with Gasteiger partial charge in [0.2, 0.25) is 5.95 Å². The van der Waals surface area contributed by atoms with Crippen molar-refractivity contribution >= 4 is 11.7 Å². The van der Waals surface area contributed by atoms with Gasteiger partial charge in [-0.3, -0.25) is 14.2 Å². The van der Waals surface area contributed by atoms with Crippen LogP contribution in [0.2, 0.25) is 0 Å². The number of ketones is 1.